The standard InChI is InChI=1S/C17H15FN2O/c18-20-15-9-5-4-8-12(15)16(17(20)21)19-14-10-13(14)11-6-2-1-3-7-11/h1-9,13-14,16,19H,10H2. The Hall–Kier alpha value is -2.20. The second-order valence-corrected chi connectivity index (χ2v) is 5.64. The van der Waals surface area contributed by atoms with E-state index in [1.54, 1.807) is 12.1 Å². The van der Waals surface area contributed by atoms with E-state index in [4.69, 9.17) is 0 Å². The highest BCUT2D eigenvalue weighted by molar-refractivity contribution is 6.02. The summed E-state index contributed by atoms with van der Waals surface area (Å²) in [6.45, 7) is 0. The van der Waals surface area contributed by atoms with E-state index in [0.717, 1.165) is 12.0 Å². The van der Waals surface area contributed by atoms with Gasteiger partial charge in [-0.25, -0.2) is 0 Å². The Morgan fingerprint density at radius 1 is 1.05 bits per heavy atom. The second kappa shape index (κ2) is 4.67. The third kappa shape index (κ3) is 2.03. The lowest BCUT2D eigenvalue weighted by atomic mass is 10.1. The van der Waals surface area contributed by atoms with Crippen molar-refractivity contribution < 1.29 is 9.28 Å². The quantitative estimate of drug-likeness (QED) is 0.877. The van der Waals surface area contributed by atoms with E-state index in [1.807, 2.05) is 30.3 Å². The third-order valence-corrected chi connectivity index (χ3v) is 4.30. The maximum absolute atomic E-state index is 13.9. The van der Waals surface area contributed by atoms with Gasteiger partial charge in [-0.2, -0.15) is 0 Å². The number of anilines is 1. The molecule has 2 aliphatic rings. The van der Waals surface area contributed by atoms with Gasteiger partial charge in [-0.15, -0.1) is 5.12 Å². The maximum atomic E-state index is 13.9. The molecule has 1 fully saturated rings. The number of hydrogen-bond donors (Lipinski definition) is 1. The summed E-state index contributed by atoms with van der Waals surface area (Å²) in [5.41, 5.74) is 2.35. The number of carbonyl (C=O) groups excluding carboxylic acids is 1. The van der Waals surface area contributed by atoms with Crippen molar-refractivity contribution in [2.24, 2.45) is 0 Å². The molecule has 1 amide bonds. The molecular formula is C17H15FN2O. The zero-order valence-corrected chi connectivity index (χ0v) is 11.4. The molecule has 4 rings (SSSR count). The van der Waals surface area contributed by atoms with Crippen LogP contribution in [-0.2, 0) is 4.79 Å². The van der Waals surface area contributed by atoms with Crippen LogP contribution in [0.3, 0.4) is 0 Å². The van der Waals surface area contributed by atoms with Crippen molar-refractivity contribution in [1.82, 2.24) is 5.32 Å². The number of amides is 1. The number of halogens is 1. The van der Waals surface area contributed by atoms with Crippen molar-refractivity contribution in [2.45, 2.75) is 24.4 Å². The highest BCUT2D eigenvalue weighted by Gasteiger charge is 2.45. The maximum Gasteiger partial charge on any atom is 0.276 e. The molecule has 4 heteroatoms. The minimum atomic E-state index is -0.565. The molecule has 106 valence electrons. The molecule has 2 aromatic carbocycles. The van der Waals surface area contributed by atoms with E-state index in [-0.39, 0.29) is 11.2 Å². The van der Waals surface area contributed by atoms with E-state index in [1.165, 1.54) is 5.56 Å². The molecule has 2 aromatic rings. The van der Waals surface area contributed by atoms with Gasteiger partial charge in [0, 0.05) is 17.5 Å². The number of rotatable bonds is 3. The molecule has 3 unspecified atom stereocenters. The number of para-hydroxylation sites is 1. The predicted molar refractivity (Wildman–Crippen MR) is 78.5 cm³/mol. The van der Waals surface area contributed by atoms with E-state index < -0.39 is 11.9 Å². The molecule has 1 heterocycles. The van der Waals surface area contributed by atoms with Crippen molar-refractivity contribution in [3.05, 3.63) is 65.7 Å². The summed E-state index contributed by atoms with van der Waals surface area (Å²) < 4.78 is 13.9. The Kier molecular flexibility index (Phi) is 2.79. The monoisotopic (exact) mass is 282 g/mol. The molecule has 1 N–H and O–H groups in total. The van der Waals surface area contributed by atoms with Gasteiger partial charge in [0.15, 0.2) is 0 Å². The van der Waals surface area contributed by atoms with Crippen LogP contribution in [0.1, 0.15) is 29.5 Å². The van der Waals surface area contributed by atoms with Crippen LogP contribution < -0.4 is 10.4 Å². The fourth-order valence-corrected chi connectivity index (χ4v) is 3.10. The van der Waals surface area contributed by atoms with Gasteiger partial charge in [-0.1, -0.05) is 53.0 Å². The number of carbonyl (C=O) groups is 1. The van der Waals surface area contributed by atoms with Crippen LogP contribution in [0.25, 0.3) is 0 Å². The zero-order valence-electron chi connectivity index (χ0n) is 11.4. The summed E-state index contributed by atoms with van der Waals surface area (Å²) in [5.74, 6) is -0.102. The first-order valence-corrected chi connectivity index (χ1v) is 7.15. The molecule has 0 spiro atoms. The highest BCUT2D eigenvalue weighted by Crippen LogP contribution is 2.44. The van der Waals surface area contributed by atoms with Crippen molar-refractivity contribution in [3.63, 3.8) is 0 Å². The molecule has 1 aliphatic carbocycles. The van der Waals surface area contributed by atoms with Gasteiger partial charge in [-0.05, 0) is 18.1 Å². The number of benzene rings is 2. The fraction of sp³-hybridized carbons (Fsp3) is 0.235. The van der Waals surface area contributed by atoms with Crippen LogP contribution in [0, 0.1) is 0 Å². The topological polar surface area (TPSA) is 32.3 Å². The Morgan fingerprint density at radius 3 is 2.57 bits per heavy atom. The average molecular weight is 282 g/mol. The van der Waals surface area contributed by atoms with Crippen LogP contribution in [0.15, 0.2) is 54.6 Å². The molecule has 0 aromatic heterocycles. The molecule has 1 saturated carbocycles. The molecule has 3 nitrogen and oxygen atoms in total. The van der Waals surface area contributed by atoms with E-state index >= 15 is 0 Å². The largest absolute Gasteiger partial charge is 0.299 e. The van der Waals surface area contributed by atoms with Gasteiger partial charge in [0.25, 0.3) is 5.91 Å². The molecular weight excluding hydrogens is 267 g/mol. The van der Waals surface area contributed by atoms with Crippen molar-refractivity contribution in [1.29, 1.82) is 0 Å². The van der Waals surface area contributed by atoms with Gasteiger partial charge in [0.05, 0.1) is 5.69 Å². The Labute approximate surface area is 122 Å². The van der Waals surface area contributed by atoms with Gasteiger partial charge in [0.2, 0.25) is 0 Å². The van der Waals surface area contributed by atoms with Crippen molar-refractivity contribution in [3.8, 4) is 0 Å². The zero-order chi connectivity index (χ0) is 14.4. The van der Waals surface area contributed by atoms with Crippen molar-refractivity contribution in [2.75, 3.05) is 5.12 Å². The highest BCUT2D eigenvalue weighted by atomic mass is 19.2. The number of nitrogens with zero attached hydrogens (tertiary/aromatic N) is 1. The van der Waals surface area contributed by atoms with Crippen molar-refractivity contribution >= 4 is 11.6 Å². The summed E-state index contributed by atoms with van der Waals surface area (Å²) in [6, 6.07) is 16.9. The number of nitrogens with one attached hydrogen (secondary N) is 1. The molecule has 21 heavy (non-hydrogen) atoms. The predicted octanol–water partition coefficient (Wildman–Crippen LogP) is 3.10. The minimum absolute atomic E-state index is 0.237. The first-order chi connectivity index (χ1) is 10.3. The van der Waals surface area contributed by atoms with Gasteiger partial charge < -0.3 is 0 Å². The lowest BCUT2D eigenvalue weighted by Gasteiger charge is -2.11. The lowest BCUT2D eigenvalue weighted by Crippen LogP contribution is -2.32. The number of hydrogen-bond acceptors (Lipinski definition) is 2. The van der Waals surface area contributed by atoms with Crippen LogP contribution >= 0.6 is 0 Å². The first-order valence-electron chi connectivity index (χ1n) is 7.15. The lowest BCUT2D eigenvalue weighted by molar-refractivity contribution is -0.122. The van der Waals surface area contributed by atoms with Crippen LogP contribution in [-0.4, -0.2) is 11.9 Å². The normalized spacial score (nSPS) is 26.8. The smallest absolute Gasteiger partial charge is 0.276 e. The first kappa shape index (κ1) is 12.5. The van der Waals surface area contributed by atoms with E-state index in [9.17, 15) is 9.28 Å². The summed E-state index contributed by atoms with van der Waals surface area (Å²) in [6.07, 6.45) is 0.988. The molecule has 0 saturated heterocycles. The summed E-state index contributed by atoms with van der Waals surface area (Å²) in [4.78, 5) is 12.1. The van der Waals surface area contributed by atoms with Gasteiger partial charge in [0.1, 0.15) is 6.04 Å². The van der Waals surface area contributed by atoms with Crippen LogP contribution in [0.2, 0.25) is 0 Å². The SMILES string of the molecule is O=C1C(NC2CC2c2ccccc2)c2ccccc2N1F. The van der Waals surface area contributed by atoms with Gasteiger partial charge in [-0.3, -0.25) is 10.1 Å². The van der Waals surface area contributed by atoms with Gasteiger partial charge >= 0.3 is 0 Å². The average Bonchev–Trinajstić information content (AvgIpc) is 3.27. The minimum Gasteiger partial charge on any atom is -0.299 e. The Balaban J connectivity index is 1.53. The Bertz CT molecular complexity index is 688. The summed E-state index contributed by atoms with van der Waals surface area (Å²) >= 11 is 0. The van der Waals surface area contributed by atoms with E-state index in [2.05, 4.69) is 17.4 Å². The van der Waals surface area contributed by atoms with Crippen LogP contribution in [0.4, 0.5) is 10.2 Å². The summed E-state index contributed by atoms with van der Waals surface area (Å²) in [7, 11) is 0. The third-order valence-electron chi connectivity index (χ3n) is 4.30. The molecule has 0 radical (unpaired) electrons. The second-order valence-electron chi connectivity index (χ2n) is 5.64. The fourth-order valence-electron chi connectivity index (χ4n) is 3.10. The molecule has 1 aliphatic heterocycles. The number of fused-ring (bicyclic) bond motifs is 1. The molecule has 3 atom stereocenters. The van der Waals surface area contributed by atoms with Crippen LogP contribution in [0.5, 0.6) is 0 Å². The van der Waals surface area contributed by atoms with E-state index in [0.29, 0.717) is 11.6 Å². The Morgan fingerprint density at radius 2 is 1.76 bits per heavy atom. The summed E-state index contributed by atoms with van der Waals surface area (Å²) in [5, 5.41) is 3.56. The molecule has 0 bridgehead atoms.